The third kappa shape index (κ3) is 3.50. The molecule has 0 aromatic heterocycles. The lowest BCUT2D eigenvalue weighted by atomic mass is 10.1. The highest BCUT2D eigenvalue weighted by Crippen LogP contribution is 2.27. The molecule has 1 heterocycles. The molecular formula is C13H13BrClNO4. The van der Waals surface area contributed by atoms with E-state index < -0.39 is 12.1 Å². The summed E-state index contributed by atoms with van der Waals surface area (Å²) in [5.74, 6) is -1.15. The molecule has 7 heteroatoms. The zero-order chi connectivity index (χ0) is 14.7. The van der Waals surface area contributed by atoms with Crippen molar-refractivity contribution in [3.8, 4) is 0 Å². The van der Waals surface area contributed by atoms with Crippen molar-refractivity contribution in [3.05, 3.63) is 33.3 Å². The second kappa shape index (κ2) is 6.56. The standard InChI is InChI=1S/C13H13BrClNO4/c14-10-3-1-2-9(12(10)15)13(19)16-4-5-20-8(7-16)6-11(17)18/h1-3,8H,4-7H2,(H,17,18). The monoisotopic (exact) mass is 361 g/mol. The lowest BCUT2D eigenvalue weighted by molar-refractivity contribution is -0.141. The molecule has 1 aliphatic heterocycles. The minimum absolute atomic E-state index is 0.115. The van der Waals surface area contributed by atoms with Crippen LogP contribution in [0.2, 0.25) is 5.02 Å². The summed E-state index contributed by atoms with van der Waals surface area (Å²) in [5.41, 5.74) is 0.400. The smallest absolute Gasteiger partial charge is 0.306 e. The van der Waals surface area contributed by atoms with Gasteiger partial charge in [0, 0.05) is 17.6 Å². The van der Waals surface area contributed by atoms with Crippen LogP contribution in [0.15, 0.2) is 22.7 Å². The van der Waals surface area contributed by atoms with Gasteiger partial charge in [0.1, 0.15) is 0 Å². The molecule has 1 fully saturated rings. The molecule has 0 bridgehead atoms. The maximum absolute atomic E-state index is 12.4. The number of hydrogen-bond acceptors (Lipinski definition) is 3. The first-order valence-corrected chi connectivity index (χ1v) is 7.23. The SMILES string of the molecule is O=C(O)CC1CN(C(=O)c2cccc(Br)c2Cl)CCO1. The van der Waals surface area contributed by atoms with Crippen LogP contribution in [0.4, 0.5) is 0 Å². The van der Waals surface area contributed by atoms with Crippen LogP contribution in [0, 0.1) is 0 Å². The Kier molecular flexibility index (Phi) is 5.01. The van der Waals surface area contributed by atoms with Gasteiger partial charge >= 0.3 is 5.97 Å². The second-order valence-corrected chi connectivity index (χ2v) is 5.68. The number of benzene rings is 1. The lowest BCUT2D eigenvalue weighted by Crippen LogP contribution is -2.46. The van der Waals surface area contributed by atoms with E-state index in [2.05, 4.69) is 15.9 Å². The Morgan fingerprint density at radius 1 is 1.50 bits per heavy atom. The van der Waals surface area contributed by atoms with Gasteiger partial charge in [-0.2, -0.15) is 0 Å². The lowest BCUT2D eigenvalue weighted by Gasteiger charge is -2.32. The van der Waals surface area contributed by atoms with Crippen LogP contribution >= 0.6 is 27.5 Å². The zero-order valence-corrected chi connectivity index (χ0v) is 12.9. The van der Waals surface area contributed by atoms with Gasteiger partial charge in [0.25, 0.3) is 5.91 Å². The van der Waals surface area contributed by atoms with Gasteiger partial charge in [-0.15, -0.1) is 0 Å². The summed E-state index contributed by atoms with van der Waals surface area (Å²) < 4.78 is 6.00. The van der Waals surface area contributed by atoms with Crippen molar-refractivity contribution in [1.82, 2.24) is 4.90 Å². The average molecular weight is 363 g/mol. The van der Waals surface area contributed by atoms with Crippen molar-refractivity contribution in [2.45, 2.75) is 12.5 Å². The molecule has 1 aromatic carbocycles. The van der Waals surface area contributed by atoms with Gasteiger partial charge < -0.3 is 14.7 Å². The Hall–Kier alpha value is -1.11. The summed E-state index contributed by atoms with van der Waals surface area (Å²) in [7, 11) is 0. The fraction of sp³-hybridized carbons (Fsp3) is 0.385. The molecule has 0 aliphatic carbocycles. The maximum atomic E-state index is 12.4. The summed E-state index contributed by atoms with van der Waals surface area (Å²) in [6.45, 7) is 1.01. The molecule has 1 amide bonds. The van der Waals surface area contributed by atoms with E-state index in [-0.39, 0.29) is 18.9 Å². The van der Waals surface area contributed by atoms with Crippen molar-refractivity contribution in [2.24, 2.45) is 0 Å². The van der Waals surface area contributed by atoms with Crippen molar-refractivity contribution in [3.63, 3.8) is 0 Å². The van der Waals surface area contributed by atoms with E-state index >= 15 is 0 Å². The molecule has 5 nitrogen and oxygen atoms in total. The number of rotatable bonds is 3. The molecule has 1 N–H and O–H groups in total. The minimum Gasteiger partial charge on any atom is -0.481 e. The number of nitrogens with zero attached hydrogens (tertiary/aromatic N) is 1. The Balaban J connectivity index is 2.12. The number of amides is 1. The maximum Gasteiger partial charge on any atom is 0.306 e. The highest BCUT2D eigenvalue weighted by molar-refractivity contribution is 9.10. The molecule has 1 saturated heterocycles. The zero-order valence-electron chi connectivity index (χ0n) is 10.5. The molecule has 0 saturated carbocycles. The molecule has 20 heavy (non-hydrogen) atoms. The number of carbonyl (C=O) groups excluding carboxylic acids is 1. The van der Waals surface area contributed by atoms with E-state index in [4.69, 9.17) is 21.4 Å². The van der Waals surface area contributed by atoms with Gasteiger partial charge in [0.15, 0.2) is 0 Å². The summed E-state index contributed by atoms with van der Waals surface area (Å²) in [5, 5.41) is 9.14. The number of carboxylic acid groups (broad SMARTS) is 1. The molecule has 2 rings (SSSR count). The normalized spacial score (nSPS) is 18.9. The number of morpholine rings is 1. The molecule has 1 unspecified atom stereocenters. The number of carboxylic acids is 1. The molecule has 0 spiro atoms. The van der Waals surface area contributed by atoms with Gasteiger partial charge in [0.05, 0.1) is 29.7 Å². The molecule has 108 valence electrons. The van der Waals surface area contributed by atoms with Gasteiger partial charge in [-0.1, -0.05) is 17.7 Å². The predicted molar refractivity (Wildman–Crippen MR) is 77.0 cm³/mol. The number of halogens is 2. The fourth-order valence-corrected chi connectivity index (χ4v) is 2.63. The van der Waals surface area contributed by atoms with E-state index in [9.17, 15) is 9.59 Å². The third-order valence-electron chi connectivity index (χ3n) is 3.01. The minimum atomic E-state index is -0.940. The molecule has 1 atom stereocenters. The van der Waals surface area contributed by atoms with Crippen LogP contribution in [-0.4, -0.2) is 47.7 Å². The van der Waals surface area contributed by atoms with Gasteiger partial charge in [-0.25, -0.2) is 0 Å². The summed E-state index contributed by atoms with van der Waals surface area (Å²) in [4.78, 5) is 24.7. The van der Waals surface area contributed by atoms with Crippen LogP contribution in [0.25, 0.3) is 0 Å². The van der Waals surface area contributed by atoms with Crippen LogP contribution in [-0.2, 0) is 9.53 Å². The number of ether oxygens (including phenoxy) is 1. The van der Waals surface area contributed by atoms with E-state index in [1.165, 1.54) is 0 Å². The van der Waals surface area contributed by atoms with Gasteiger partial charge in [0.2, 0.25) is 0 Å². The van der Waals surface area contributed by atoms with E-state index in [1.807, 2.05) is 0 Å². The van der Waals surface area contributed by atoms with Crippen LogP contribution in [0.1, 0.15) is 16.8 Å². The summed E-state index contributed by atoms with van der Waals surface area (Å²) in [6.07, 6.45) is -0.591. The molecule has 1 aromatic rings. The van der Waals surface area contributed by atoms with Gasteiger partial charge in [-0.05, 0) is 28.1 Å². The average Bonchev–Trinajstić information content (AvgIpc) is 2.41. The molecule has 0 radical (unpaired) electrons. The van der Waals surface area contributed by atoms with Crippen molar-refractivity contribution in [2.75, 3.05) is 19.7 Å². The quantitative estimate of drug-likeness (QED) is 0.897. The Morgan fingerprint density at radius 2 is 2.25 bits per heavy atom. The second-order valence-electron chi connectivity index (χ2n) is 4.44. The van der Waals surface area contributed by atoms with Crippen LogP contribution in [0.3, 0.4) is 0 Å². The number of aliphatic carboxylic acids is 1. The first-order chi connectivity index (χ1) is 9.49. The number of carbonyl (C=O) groups is 2. The van der Waals surface area contributed by atoms with Crippen LogP contribution < -0.4 is 0 Å². The molecule has 1 aliphatic rings. The first kappa shape index (κ1) is 15.3. The van der Waals surface area contributed by atoms with E-state index in [0.717, 1.165) is 0 Å². The number of hydrogen-bond donors (Lipinski definition) is 1. The predicted octanol–water partition coefficient (Wildman–Crippen LogP) is 2.42. The summed E-state index contributed by atoms with van der Waals surface area (Å²) in [6, 6.07) is 5.14. The fourth-order valence-electron chi connectivity index (χ4n) is 2.06. The van der Waals surface area contributed by atoms with Crippen LogP contribution in [0.5, 0.6) is 0 Å². The summed E-state index contributed by atoms with van der Waals surface area (Å²) >= 11 is 9.39. The van der Waals surface area contributed by atoms with Crippen molar-refractivity contribution in [1.29, 1.82) is 0 Å². The third-order valence-corrected chi connectivity index (χ3v) is 4.31. The highest BCUT2D eigenvalue weighted by Gasteiger charge is 2.27. The van der Waals surface area contributed by atoms with Crippen molar-refractivity contribution >= 4 is 39.4 Å². The Labute approximate surface area is 129 Å². The van der Waals surface area contributed by atoms with Gasteiger partial charge in [-0.3, -0.25) is 9.59 Å². The largest absolute Gasteiger partial charge is 0.481 e. The van der Waals surface area contributed by atoms with E-state index in [0.29, 0.717) is 28.2 Å². The Morgan fingerprint density at radius 3 is 2.95 bits per heavy atom. The highest BCUT2D eigenvalue weighted by atomic mass is 79.9. The first-order valence-electron chi connectivity index (χ1n) is 6.05. The Bertz CT molecular complexity index is 537. The van der Waals surface area contributed by atoms with E-state index in [1.54, 1.807) is 23.1 Å². The molecular weight excluding hydrogens is 350 g/mol. The van der Waals surface area contributed by atoms with Crippen molar-refractivity contribution < 1.29 is 19.4 Å². The topological polar surface area (TPSA) is 66.8 Å².